The predicted octanol–water partition coefficient (Wildman–Crippen LogP) is 4.44. The molecule has 0 saturated heterocycles. The van der Waals surface area contributed by atoms with Gasteiger partial charge in [-0.15, -0.1) is 11.3 Å². The van der Waals surface area contributed by atoms with Crippen molar-refractivity contribution in [1.29, 1.82) is 0 Å². The van der Waals surface area contributed by atoms with E-state index in [1.807, 2.05) is 30.3 Å². The third-order valence-corrected chi connectivity index (χ3v) is 5.11. The molecule has 0 bridgehead atoms. The largest absolute Gasteiger partial charge is 0.326 e. The van der Waals surface area contributed by atoms with Crippen molar-refractivity contribution in [3.63, 3.8) is 0 Å². The summed E-state index contributed by atoms with van der Waals surface area (Å²) in [5.41, 5.74) is 8.01. The molecular formula is C17H15FN2S. The number of nitrogens with zero attached hydrogens (tertiary/aromatic N) is 1. The molecule has 0 amide bonds. The fourth-order valence-electron chi connectivity index (χ4n) is 2.75. The third-order valence-electron chi connectivity index (χ3n) is 3.98. The summed E-state index contributed by atoms with van der Waals surface area (Å²) in [5, 5.41) is 2.51. The van der Waals surface area contributed by atoms with Crippen LogP contribution in [0.4, 0.5) is 4.39 Å². The van der Waals surface area contributed by atoms with Crippen LogP contribution in [0.25, 0.3) is 21.3 Å². The minimum absolute atomic E-state index is 0.188. The van der Waals surface area contributed by atoms with Gasteiger partial charge in [-0.2, -0.15) is 0 Å². The average molecular weight is 298 g/mol. The molecule has 1 aliphatic rings. The molecule has 1 aromatic heterocycles. The number of hydrogen-bond acceptors (Lipinski definition) is 3. The van der Waals surface area contributed by atoms with Gasteiger partial charge < -0.3 is 5.73 Å². The number of aromatic nitrogens is 1. The summed E-state index contributed by atoms with van der Waals surface area (Å²) in [6.45, 7) is 0.530. The van der Waals surface area contributed by atoms with Gasteiger partial charge in [0.25, 0.3) is 0 Å². The van der Waals surface area contributed by atoms with E-state index in [4.69, 9.17) is 10.7 Å². The van der Waals surface area contributed by atoms with Crippen LogP contribution >= 0.6 is 11.3 Å². The van der Waals surface area contributed by atoms with E-state index in [2.05, 4.69) is 0 Å². The molecule has 3 aromatic rings. The van der Waals surface area contributed by atoms with Gasteiger partial charge >= 0.3 is 0 Å². The highest BCUT2D eigenvalue weighted by molar-refractivity contribution is 7.15. The Kier molecular flexibility index (Phi) is 3.01. The van der Waals surface area contributed by atoms with Crippen LogP contribution in [-0.2, 0) is 6.54 Å². The molecule has 1 saturated carbocycles. The Morgan fingerprint density at radius 3 is 2.62 bits per heavy atom. The Morgan fingerprint density at radius 2 is 1.90 bits per heavy atom. The zero-order valence-corrected chi connectivity index (χ0v) is 12.3. The molecule has 1 heterocycles. The highest BCUT2D eigenvalue weighted by Gasteiger charge is 2.29. The first-order chi connectivity index (χ1) is 10.3. The van der Waals surface area contributed by atoms with Crippen LogP contribution in [0, 0.1) is 5.82 Å². The summed E-state index contributed by atoms with van der Waals surface area (Å²) in [5.74, 6) is 0.396. The summed E-state index contributed by atoms with van der Waals surface area (Å²) < 4.78 is 13.9. The van der Waals surface area contributed by atoms with Crippen LogP contribution in [0.2, 0.25) is 0 Å². The first kappa shape index (κ1) is 12.9. The standard InChI is InChI=1S/C17H15FN2S/c18-14-8-7-13(11-3-1-2-4-12(11)14)17-20-16(10-5-6-10)15(9-19)21-17/h1-4,7-8,10H,5-6,9,19H2. The SMILES string of the molecule is NCc1sc(-c2ccc(F)c3ccccc23)nc1C1CC1. The van der Waals surface area contributed by atoms with Gasteiger partial charge in [0.15, 0.2) is 0 Å². The summed E-state index contributed by atoms with van der Waals surface area (Å²) in [6, 6.07) is 10.9. The van der Waals surface area contributed by atoms with Crippen LogP contribution in [0.15, 0.2) is 36.4 Å². The molecule has 0 radical (unpaired) electrons. The summed E-state index contributed by atoms with van der Waals surface area (Å²) >= 11 is 1.64. The molecule has 0 spiro atoms. The smallest absolute Gasteiger partial charge is 0.131 e. The maximum Gasteiger partial charge on any atom is 0.131 e. The minimum Gasteiger partial charge on any atom is -0.326 e. The summed E-state index contributed by atoms with van der Waals surface area (Å²) in [6.07, 6.45) is 2.42. The van der Waals surface area contributed by atoms with E-state index in [9.17, 15) is 4.39 Å². The molecule has 0 aliphatic heterocycles. The van der Waals surface area contributed by atoms with Gasteiger partial charge in [-0.1, -0.05) is 24.3 Å². The van der Waals surface area contributed by atoms with Crippen LogP contribution in [-0.4, -0.2) is 4.98 Å². The van der Waals surface area contributed by atoms with E-state index in [0.29, 0.717) is 17.8 Å². The topological polar surface area (TPSA) is 38.9 Å². The molecule has 106 valence electrons. The molecule has 4 heteroatoms. The van der Waals surface area contributed by atoms with E-state index in [-0.39, 0.29) is 5.82 Å². The molecule has 0 unspecified atom stereocenters. The van der Waals surface area contributed by atoms with Crippen LogP contribution in [0.5, 0.6) is 0 Å². The summed E-state index contributed by atoms with van der Waals surface area (Å²) in [4.78, 5) is 5.98. The minimum atomic E-state index is -0.188. The van der Waals surface area contributed by atoms with Crippen molar-refractivity contribution >= 4 is 22.1 Å². The fraction of sp³-hybridized carbons (Fsp3) is 0.235. The number of benzene rings is 2. The van der Waals surface area contributed by atoms with Crippen molar-refractivity contribution in [2.45, 2.75) is 25.3 Å². The summed E-state index contributed by atoms with van der Waals surface area (Å²) in [7, 11) is 0. The zero-order valence-electron chi connectivity index (χ0n) is 11.5. The molecular weight excluding hydrogens is 283 g/mol. The first-order valence-corrected chi connectivity index (χ1v) is 7.97. The molecule has 2 nitrogen and oxygen atoms in total. The van der Waals surface area contributed by atoms with Gasteiger partial charge in [0.1, 0.15) is 10.8 Å². The molecule has 21 heavy (non-hydrogen) atoms. The van der Waals surface area contributed by atoms with Crippen LogP contribution in [0.3, 0.4) is 0 Å². The van der Waals surface area contributed by atoms with Gasteiger partial charge in [0.05, 0.1) is 5.69 Å². The highest BCUT2D eigenvalue weighted by Crippen LogP contribution is 2.44. The Labute approximate surface area is 126 Å². The van der Waals surface area contributed by atoms with E-state index in [1.165, 1.54) is 23.8 Å². The second-order valence-corrected chi connectivity index (χ2v) is 6.53. The van der Waals surface area contributed by atoms with E-state index >= 15 is 0 Å². The Morgan fingerprint density at radius 1 is 1.14 bits per heavy atom. The molecule has 1 fully saturated rings. The fourth-order valence-corrected chi connectivity index (χ4v) is 3.82. The van der Waals surface area contributed by atoms with Crippen molar-refractivity contribution in [2.24, 2.45) is 5.73 Å². The zero-order chi connectivity index (χ0) is 14.4. The van der Waals surface area contributed by atoms with Gasteiger partial charge in [0.2, 0.25) is 0 Å². The Hall–Kier alpha value is -1.78. The van der Waals surface area contributed by atoms with Gasteiger partial charge in [-0.3, -0.25) is 0 Å². The number of thiazole rings is 1. The van der Waals surface area contributed by atoms with Crippen molar-refractivity contribution in [1.82, 2.24) is 4.98 Å². The van der Waals surface area contributed by atoms with Gasteiger partial charge in [0, 0.05) is 28.3 Å². The van der Waals surface area contributed by atoms with Crippen molar-refractivity contribution in [3.8, 4) is 10.6 Å². The number of rotatable bonds is 3. The molecule has 4 rings (SSSR count). The number of halogens is 1. The van der Waals surface area contributed by atoms with Crippen molar-refractivity contribution in [3.05, 3.63) is 52.8 Å². The number of fused-ring (bicyclic) bond motifs is 1. The van der Waals surface area contributed by atoms with Gasteiger partial charge in [-0.25, -0.2) is 9.37 Å². The van der Waals surface area contributed by atoms with E-state index in [1.54, 1.807) is 11.3 Å². The normalized spacial score (nSPS) is 14.8. The quantitative estimate of drug-likeness (QED) is 0.776. The first-order valence-electron chi connectivity index (χ1n) is 7.15. The van der Waals surface area contributed by atoms with E-state index < -0.39 is 0 Å². The lowest BCUT2D eigenvalue weighted by molar-refractivity contribution is 0.640. The van der Waals surface area contributed by atoms with E-state index in [0.717, 1.165) is 21.7 Å². The monoisotopic (exact) mass is 298 g/mol. The second-order valence-electron chi connectivity index (χ2n) is 5.45. The maximum absolute atomic E-state index is 13.9. The lowest BCUT2D eigenvalue weighted by Gasteiger charge is -2.04. The molecule has 1 aliphatic carbocycles. The average Bonchev–Trinajstić information content (AvgIpc) is 3.28. The van der Waals surface area contributed by atoms with Crippen LogP contribution in [0.1, 0.15) is 29.3 Å². The maximum atomic E-state index is 13.9. The van der Waals surface area contributed by atoms with Crippen molar-refractivity contribution in [2.75, 3.05) is 0 Å². The number of nitrogens with two attached hydrogens (primary N) is 1. The predicted molar refractivity (Wildman–Crippen MR) is 84.9 cm³/mol. The highest BCUT2D eigenvalue weighted by atomic mass is 32.1. The lowest BCUT2D eigenvalue weighted by atomic mass is 10.0. The Bertz CT molecular complexity index is 821. The second kappa shape index (κ2) is 4.90. The Balaban J connectivity index is 1.92. The lowest BCUT2D eigenvalue weighted by Crippen LogP contribution is -1.96. The third kappa shape index (κ3) is 2.15. The van der Waals surface area contributed by atoms with Crippen LogP contribution < -0.4 is 5.73 Å². The molecule has 2 N–H and O–H groups in total. The molecule has 0 atom stereocenters. The van der Waals surface area contributed by atoms with Crippen molar-refractivity contribution < 1.29 is 4.39 Å². The number of hydrogen-bond donors (Lipinski definition) is 1. The van der Waals surface area contributed by atoms with Gasteiger partial charge in [-0.05, 0) is 30.4 Å². The molecule has 2 aromatic carbocycles.